The number of non-ortho nitro benzene ring substituents is 1. The lowest BCUT2D eigenvalue weighted by atomic mass is 9.99. The van der Waals surface area contributed by atoms with E-state index in [-0.39, 0.29) is 12.1 Å². The molecule has 0 spiro atoms. The number of ether oxygens (including phenoxy) is 1. The summed E-state index contributed by atoms with van der Waals surface area (Å²) in [6.45, 7) is 0. The van der Waals surface area contributed by atoms with Crippen LogP contribution >= 0.6 is 15.9 Å². The molecule has 0 fully saturated rings. The highest BCUT2D eigenvalue weighted by Crippen LogP contribution is 2.25. The van der Waals surface area contributed by atoms with Gasteiger partial charge in [0.2, 0.25) is 0 Å². The number of hydrogen-bond donors (Lipinski definition) is 1. The number of methoxy groups -OCH3 is 1. The Balaban J connectivity index is 3.01. The maximum atomic E-state index is 11.3. The quantitative estimate of drug-likeness (QED) is 0.381. The van der Waals surface area contributed by atoms with Crippen molar-refractivity contribution in [2.75, 3.05) is 7.11 Å². The molecule has 8 heteroatoms. The Morgan fingerprint density at radius 1 is 1.53 bits per heavy atom. The Labute approximate surface area is 116 Å². The summed E-state index contributed by atoms with van der Waals surface area (Å²) in [4.78, 5) is 32.3. The number of halogens is 1. The summed E-state index contributed by atoms with van der Waals surface area (Å²) in [6, 6.07) is 3.91. The minimum atomic E-state index is -1.34. The fraction of sp³-hybridized carbons (Fsp3) is 0.273. The number of aliphatic carboxylic acids is 1. The van der Waals surface area contributed by atoms with Crippen LogP contribution in [0.5, 0.6) is 0 Å². The number of nitro benzene ring substituents is 1. The van der Waals surface area contributed by atoms with E-state index in [0.29, 0.717) is 10.0 Å². The van der Waals surface area contributed by atoms with E-state index in [2.05, 4.69) is 20.7 Å². The van der Waals surface area contributed by atoms with Crippen molar-refractivity contribution >= 4 is 33.6 Å². The number of esters is 1. The van der Waals surface area contributed by atoms with Gasteiger partial charge in [0.05, 0.1) is 12.0 Å². The molecule has 0 heterocycles. The van der Waals surface area contributed by atoms with Gasteiger partial charge in [0, 0.05) is 16.6 Å². The summed E-state index contributed by atoms with van der Waals surface area (Å²) in [5, 5.41) is 19.5. The maximum Gasteiger partial charge on any atom is 0.320 e. The van der Waals surface area contributed by atoms with E-state index in [4.69, 9.17) is 5.11 Å². The number of nitro groups is 1. The highest BCUT2D eigenvalue weighted by atomic mass is 79.9. The molecule has 1 atom stereocenters. The lowest BCUT2D eigenvalue weighted by Crippen LogP contribution is -2.27. The van der Waals surface area contributed by atoms with Crippen molar-refractivity contribution in [1.82, 2.24) is 0 Å². The second kappa shape index (κ2) is 6.28. The van der Waals surface area contributed by atoms with Gasteiger partial charge in [0.15, 0.2) is 5.92 Å². The minimum absolute atomic E-state index is 0.111. The normalized spacial score (nSPS) is 11.7. The first-order valence-corrected chi connectivity index (χ1v) is 5.89. The van der Waals surface area contributed by atoms with Crippen LogP contribution < -0.4 is 0 Å². The second-order valence-electron chi connectivity index (χ2n) is 3.65. The average Bonchev–Trinajstić information content (AvgIpc) is 2.35. The molecule has 0 aliphatic heterocycles. The van der Waals surface area contributed by atoms with Crippen molar-refractivity contribution in [2.24, 2.45) is 5.92 Å². The molecule has 0 aromatic heterocycles. The summed E-state index contributed by atoms with van der Waals surface area (Å²) >= 11 is 3.11. The predicted octanol–water partition coefficient (Wildman–Crippen LogP) is 1.77. The van der Waals surface area contributed by atoms with Gasteiger partial charge in [-0.2, -0.15) is 0 Å². The number of nitrogens with zero attached hydrogens (tertiary/aromatic N) is 1. The molecule has 7 nitrogen and oxygen atoms in total. The summed E-state index contributed by atoms with van der Waals surface area (Å²) in [7, 11) is 1.10. The van der Waals surface area contributed by atoms with Crippen LogP contribution in [0.4, 0.5) is 5.69 Å². The molecule has 0 aliphatic rings. The summed E-state index contributed by atoms with van der Waals surface area (Å²) in [5.41, 5.74) is 0.351. The van der Waals surface area contributed by atoms with Gasteiger partial charge in [-0.15, -0.1) is 0 Å². The molecule has 102 valence electrons. The molecule has 0 saturated heterocycles. The van der Waals surface area contributed by atoms with Crippen molar-refractivity contribution in [2.45, 2.75) is 6.42 Å². The Kier molecular flexibility index (Phi) is 4.99. The van der Waals surface area contributed by atoms with Crippen molar-refractivity contribution in [1.29, 1.82) is 0 Å². The highest BCUT2D eigenvalue weighted by molar-refractivity contribution is 9.10. The lowest BCUT2D eigenvalue weighted by Gasteiger charge is -2.11. The SMILES string of the molecule is COC(=O)C(Cc1ccc([N+](=O)[O-])cc1Br)C(=O)O. The fourth-order valence-corrected chi connectivity index (χ4v) is 1.98. The first-order valence-electron chi connectivity index (χ1n) is 5.10. The Hall–Kier alpha value is -1.96. The number of carboxylic acid groups (broad SMARTS) is 1. The average molecular weight is 332 g/mol. The van der Waals surface area contributed by atoms with E-state index in [1.54, 1.807) is 0 Å². The second-order valence-corrected chi connectivity index (χ2v) is 4.51. The summed E-state index contributed by atoms with van der Waals surface area (Å²) in [5.74, 6) is -3.52. The molecular weight excluding hydrogens is 322 g/mol. The van der Waals surface area contributed by atoms with Crippen LogP contribution in [0.2, 0.25) is 0 Å². The van der Waals surface area contributed by atoms with Gasteiger partial charge in [-0.05, 0) is 12.0 Å². The number of hydrogen-bond acceptors (Lipinski definition) is 5. The smallest absolute Gasteiger partial charge is 0.320 e. The molecule has 1 rings (SSSR count). The van der Waals surface area contributed by atoms with E-state index in [1.165, 1.54) is 18.2 Å². The van der Waals surface area contributed by atoms with E-state index < -0.39 is 22.8 Å². The van der Waals surface area contributed by atoms with Gasteiger partial charge in [0.25, 0.3) is 5.69 Å². The molecule has 1 aromatic carbocycles. The van der Waals surface area contributed by atoms with Crippen LogP contribution in [-0.4, -0.2) is 29.1 Å². The third-order valence-electron chi connectivity index (χ3n) is 2.46. The van der Waals surface area contributed by atoms with Gasteiger partial charge in [-0.3, -0.25) is 19.7 Å². The topological polar surface area (TPSA) is 107 Å². The predicted molar refractivity (Wildman–Crippen MR) is 67.6 cm³/mol. The van der Waals surface area contributed by atoms with Crippen molar-refractivity contribution in [3.8, 4) is 0 Å². The molecular formula is C11H10BrNO6. The Morgan fingerprint density at radius 2 is 2.16 bits per heavy atom. The van der Waals surface area contributed by atoms with E-state index >= 15 is 0 Å². The van der Waals surface area contributed by atoms with Crippen molar-refractivity contribution in [3.05, 3.63) is 38.3 Å². The standard InChI is InChI=1S/C11H10BrNO6/c1-19-11(16)8(10(14)15)4-6-2-3-7(13(17)18)5-9(6)12/h2-3,5,8H,4H2,1H3,(H,14,15). The molecule has 1 N–H and O–H groups in total. The molecule has 0 aliphatic carbocycles. The van der Waals surface area contributed by atoms with Crippen LogP contribution in [0.15, 0.2) is 22.7 Å². The zero-order valence-electron chi connectivity index (χ0n) is 9.83. The van der Waals surface area contributed by atoms with Crippen LogP contribution in [0.3, 0.4) is 0 Å². The third-order valence-corrected chi connectivity index (χ3v) is 3.19. The number of rotatable bonds is 5. The molecule has 1 aromatic rings. The van der Waals surface area contributed by atoms with Gasteiger partial charge in [0.1, 0.15) is 0 Å². The van der Waals surface area contributed by atoms with Crippen LogP contribution in [0.25, 0.3) is 0 Å². The van der Waals surface area contributed by atoms with Crippen LogP contribution in [0.1, 0.15) is 5.56 Å². The monoisotopic (exact) mass is 331 g/mol. The zero-order chi connectivity index (χ0) is 14.6. The molecule has 0 saturated carbocycles. The Morgan fingerprint density at radius 3 is 2.58 bits per heavy atom. The number of benzene rings is 1. The van der Waals surface area contributed by atoms with Crippen LogP contribution in [0, 0.1) is 16.0 Å². The fourth-order valence-electron chi connectivity index (χ4n) is 1.45. The summed E-state index contributed by atoms with van der Waals surface area (Å²) in [6.07, 6.45) is -0.111. The maximum absolute atomic E-state index is 11.3. The van der Waals surface area contributed by atoms with Crippen molar-refractivity contribution in [3.63, 3.8) is 0 Å². The van der Waals surface area contributed by atoms with E-state index in [0.717, 1.165) is 7.11 Å². The first-order chi connectivity index (χ1) is 8.86. The highest BCUT2D eigenvalue weighted by Gasteiger charge is 2.28. The van der Waals surface area contributed by atoms with Gasteiger partial charge in [-0.1, -0.05) is 22.0 Å². The molecule has 19 heavy (non-hydrogen) atoms. The van der Waals surface area contributed by atoms with Gasteiger partial charge >= 0.3 is 11.9 Å². The largest absolute Gasteiger partial charge is 0.481 e. The number of carboxylic acids is 1. The lowest BCUT2D eigenvalue weighted by molar-refractivity contribution is -0.384. The first kappa shape index (κ1) is 15.1. The molecule has 0 radical (unpaired) electrons. The third kappa shape index (κ3) is 3.75. The number of carbonyl (C=O) groups is 2. The Bertz CT molecular complexity index is 530. The minimum Gasteiger partial charge on any atom is -0.481 e. The van der Waals surface area contributed by atoms with Crippen molar-refractivity contribution < 1.29 is 24.4 Å². The zero-order valence-corrected chi connectivity index (χ0v) is 11.4. The van der Waals surface area contributed by atoms with Crippen LogP contribution in [-0.2, 0) is 20.7 Å². The summed E-state index contributed by atoms with van der Waals surface area (Å²) < 4.78 is 4.78. The van der Waals surface area contributed by atoms with Gasteiger partial charge in [-0.25, -0.2) is 0 Å². The molecule has 0 amide bonds. The molecule has 1 unspecified atom stereocenters. The number of carbonyl (C=O) groups excluding carboxylic acids is 1. The van der Waals surface area contributed by atoms with E-state index in [9.17, 15) is 19.7 Å². The van der Waals surface area contributed by atoms with E-state index in [1.807, 2.05) is 0 Å². The molecule has 0 bridgehead atoms. The van der Waals surface area contributed by atoms with Gasteiger partial charge < -0.3 is 9.84 Å².